The van der Waals surface area contributed by atoms with Gasteiger partial charge in [-0.1, -0.05) is 60.7 Å². The van der Waals surface area contributed by atoms with E-state index in [1.807, 2.05) is 67.6 Å². The molecule has 0 spiro atoms. The van der Waals surface area contributed by atoms with Gasteiger partial charge in [-0.25, -0.2) is 4.79 Å². The summed E-state index contributed by atoms with van der Waals surface area (Å²) in [5, 5.41) is 2.27. The molecule has 1 heterocycles. The van der Waals surface area contributed by atoms with E-state index in [4.69, 9.17) is 0 Å². The molecule has 1 aliphatic heterocycles. The van der Waals surface area contributed by atoms with Crippen LogP contribution in [0.15, 0.2) is 65.7 Å². The molecule has 2 atom stereocenters. The van der Waals surface area contributed by atoms with Crippen molar-refractivity contribution in [2.75, 3.05) is 0 Å². The number of hydrogen-bond acceptors (Lipinski definition) is 4. The van der Waals surface area contributed by atoms with Gasteiger partial charge in [0.25, 0.3) is 0 Å². The van der Waals surface area contributed by atoms with Gasteiger partial charge in [0.15, 0.2) is 5.92 Å². The number of hydrogen-bond donors (Lipinski definition) is 1. The molecule has 4 amide bonds. The molecule has 6 nitrogen and oxygen atoms in total. The van der Waals surface area contributed by atoms with Crippen LogP contribution in [-0.4, -0.2) is 28.5 Å². The summed E-state index contributed by atoms with van der Waals surface area (Å²) in [4.78, 5) is 42.9. The molecule has 1 aliphatic rings. The number of rotatable bonds is 5. The maximum Gasteiger partial charge on any atom is 0.331 e. The van der Waals surface area contributed by atoms with E-state index in [2.05, 4.69) is 10.3 Å². The molecule has 1 unspecified atom stereocenters. The quantitative estimate of drug-likeness (QED) is 0.655. The predicted octanol–water partition coefficient (Wildman–Crippen LogP) is 3.10. The number of nitrogens with one attached hydrogen (secondary N) is 1. The Morgan fingerprint density at radius 1 is 1.04 bits per heavy atom. The van der Waals surface area contributed by atoms with Crippen LogP contribution in [0.1, 0.15) is 31.0 Å². The van der Waals surface area contributed by atoms with Crippen LogP contribution in [0.2, 0.25) is 0 Å². The molecule has 2 aromatic carbocycles. The smallest absolute Gasteiger partial charge is 0.285 e. The Bertz CT molecular complexity index is 878. The molecule has 138 valence electrons. The maximum atomic E-state index is 12.9. The molecular formula is C21H21N3O3. The Labute approximate surface area is 157 Å². The van der Waals surface area contributed by atoms with E-state index >= 15 is 0 Å². The molecule has 2 aromatic rings. The topological polar surface area (TPSA) is 78.8 Å². The van der Waals surface area contributed by atoms with Crippen LogP contribution in [0.5, 0.6) is 0 Å². The van der Waals surface area contributed by atoms with Gasteiger partial charge in [0.1, 0.15) is 0 Å². The molecule has 0 aromatic heterocycles. The maximum absolute atomic E-state index is 12.9. The summed E-state index contributed by atoms with van der Waals surface area (Å²) in [5.41, 5.74) is 2.18. The second-order valence-electron chi connectivity index (χ2n) is 6.49. The highest BCUT2D eigenvalue weighted by Gasteiger charge is 2.42. The van der Waals surface area contributed by atoms with E-state index in [-0.39, 0.29) is 12.6 Å². The normalized spacial score (nSPS) is 19.0. The van der Waals surface area contributed by atoms with Gasteiger partial charge in [-0.05, 0) is 25.0 Å². The van der Waals surface area contributed by atoms with Crippen molar-refractivity contribution in [3.63, 3.8) is 0 Å². The first-order chi connectivity index (χ1) is 13.0. The van der Waals surface area contributed by atoms with Gasteiger partial charge >= 0.3 is 6.03 Å². The minimum atomic E-state index is -1.10. The van der Waals surface area contributed by atoms with Gasteiger partial charge < -0.3 is 0 Å². The highest BCUT2D eigenvalue weighted by atomic mass is 16.2. The molecular weight excluding hydrogens is 342 g/mol. The minimum absolute atomic E-state index is 0.108. The van der Waals surface area contributed by atoms with E-state index in [1.165, 1.54) is 0 Å². The fourth-order valence-corrected chi connectivity index (χ4v) is 3.08. The number of urea groups is 1. The Hall–Kier alpha value is -3.28. The van der Waals surface area contributed by atoms with Crippen LogP contribution in [0.3, 0.4) is 0 Å². The Morgan fingerprint density at radius 3 is 2.26 bits per heavy atom. The number of amides is 4. The minimum Gasteiger partial charge on any atom is -0.285 e. The van der Waals surface area contributed by atoms with Crippen LogP contribution in [0.25, 0.3) is 0 Å². The monoisotopic (exact) mass is 363 g/mol. The second kappa shape index (κ2) is 7.95. The van der Waals surface area contributed by atoms with Gasteiger partial charge in [-0.2, -0.15) is 0 Å². The van der Waals surface area contributed by atoms with Crippen molar-refractivity contribution >= 4 is 23.6 Å². The third-order valence-corrected chi connectivity index (χ3v) is 4.53. The van der Waals surface area contributed by atoms with E-state index in [0.29, 0.717) is 5.71 Å². The van der Waals surface area contributed by atoms with Gasteiger partial charge in [-0.15, -0.1) is 0 Å². The molecule has 1 N–H and O–H groups in total. The van der Waals surface area contributed by atoms with Crippen molar-refractivity contribution in [1.29, 1.82) is 0 Å². The fraction of sp³-hybridized carbons (Fsp3) is 0.238. The van der Waals surface area contributed by atoms with Gasteiger partial charge in [-0.3, -0.25) is 24.8 Å². The van der Waals surface area contributed by atoms with E-state index < -0.39 is 23.8 Å². The number of imide groups is 2. The van der Waals surface area contributed by atoms with Gasteiger partial charge in [0.2, 0.25) is 11.8 Å². The molecule has 1 saturated heterocycles. The SMILES string of the molecule is CC(=N[C@H](C)c1ccccc1)C1C(=O)NC(=O)N(Cc2ccccc2)C1=O. The van der Waals surface area contributed by atoms with Crippen LogP contribution in [0.4, 0.5) is 4.79 Å². The summed E-state index contributed by atoms with van der Waals surface area (Å²) in [6.07, 6.45) is 0. The zero-order valence-corrected chi connectivity index (χ0v) is 15.3. The largest absolute Gasteiger partial charge is 0.331 e. The zero-order valence-electron chi connectivity index (χ0n) is 15.3. The predicted molar refractivity (Wildman–Crippen MR) is 102 cm³/mol. The van der Waals surface area contributed by atoms with Crippen molar-refractivity contribution in [2.45, 2.75) is 26.4 Å². The second-order valence-corrected chi connectivity index (χ2v) is 6.49. The van der Waals surface area contributed by atoms with Crippen molar-refractivity contribution in [1.82, 2.24) is 10.2 Å². The molecule has 0 saturated carbocycles. The number of carbonyl (C=O) groups is 3. The lowest BCUT2D eigenvalue weighted by molar-refractivity contribution is -0.139. The Morgan fingerprint density at radius 2 is 1.63 bits per heavy atom. The zero-order chi connectivity index (χ0) is 19.4. The standard InChI is InChI=1S/C21H21N3O3/c1-14(17-11-7-4-8-12-17)22-15(2)18-19(25)23-21(27)24(20(18)26)13-16-9-5-3-6-10-16/h3-12,14,18H,13H2,1-2H3,(H,23,25,27)/t14-,18?/m1/s1. The van der Waals surface area contributed by atoms with Crippen molar-refractivity contribution in [3.8, 4) is 0 Å². The van der Waals surface area contributed by atoms with Crippen LogP contribution < -0.4 is 5.32 Å². The molecule has 0 radical (unpaired) electrons. The lowest BCUT2D eigenvalue weighted by Gasteiger charge is -2.30. The van der Waals surface area contributed by atoms with E-state index in [9.17, 15) is 14.4 Å². The lowest BCUT2D eigenvalue weighted by Crippen LogP contribution is -2.59. The molecule has 1 fully saturated rings. The number of aliphatic imine (C=N–C) groups is 1. The van der Waals surface area contributed by atoms with Crippen molar-refractivity contribution in [3.05, 3.63) is 71.8 Å². The third kappa shape index (κ3) is 4.11. The van der Waals surface area contributed by atoms with Crippen molar-refractivity contribution < 1.29 is 14.4 Å². The Kier molecular flexibility index (Phi) is 5.45. The first-order valence-electron chi connectivity index (χ1n) is 8.76. The van der Waals surface area contributed by atoms with Crippen molar-refractivity contribution in [2.24, 2.45) is 10.9 Å². The molecule has 0 bridgehead atoms. The summed E-state index contributed by atoms with van der Waals surface area (Å²) in [5.74, 6) is -2.28. The van der Waals surface area contributed by atoms with Crippen LogP contribution in [-0.2, 0) is 16.1 Å². The number of carbonyl (C=O) groups excluding carboxylic acids is 3. The summed E-state index contributed by atoms with van der Waals surface area (Å²) < 4.78 is 0. The van der Waals surface area contributed by atoms with E-state index in [1.54, 1.807) is 6.92 Å². The molecule has 27 heavy (non-hydrogen) atoms. The highest BCUT2D eigenvalue weighted by Crippen LogP contribution is 2.21. The average Bonchev–Trinajstić information content (AvgIpc) is 2.66. The van der Waals surface area contributed by atoms with E-state index in [0.717, 1.165) is 16.0 Å². The van der Waals surface area contributed by atoms with Gasteiger partial charge in [0, 0.05) is 5.71 Å². The number of barbiturate groups is 1. The summed E-state index contributed by atoms with van der Waals surface area (Å²) in [6, 6.07) is 17.9. The Balaban J connectivity index is 1.83. The number of benzene rings is 2. The first kappa shape index (κ1) is 18.5. The summed E-state index contributed by atoms with van der Waals surface area (Å²) in [7, 11) is 0. The molecule has 0 aliphatic carbocycles. The summed E-state index contributed by atoms with van der Waals surface area (Å²) >= 11 is 0. The highest BCUT2D eigenvalue weighted by molar-refractivity contribution is 6.27. The number of nitrogens with zero attached hydrogens (tertiary/aromatic N) is 2. The van der Waals surface area contributed by atoms with Gasteiger partial charge in [0.05, 0.1) is 12.6 Å². The lowest BCUT2D eigenvalue weighted by atomic mass is 9.98. The van der Waals surface area contributed by atoms with Crippen LogP contribution in [0, 0.1) is 5.92 Å². The average molecular weight is 363 g/mol. The first-order valence-corrected chi connectivity index (χ1v) is 8.76. The summed E-state index contributed by atoms with van der Waals surface area (Å²) in [6.45, 7) is 3.66. The molecule has 6 heteroatoms. The van der Waals surface area contributed by atoms with Crippen LogP contribution >= 0.6 is 0 Å². The third-order valence-electron chi connectivity index (χ3n) is 4.53. The fourth-order valence-electron chi connectivity index (χ4n) is 3.08. The molecule has 3 rings (SSSR count).